The maximum Gasteiger partial charge on any atom is 0.231 e. The molecule has 0 spiro atoms. The molecular formula is C16H21N3O2. The highest BCUT2D eigenvalue weighted by Crippen LogP contribution is 2.36. The highest BCUT2D eigenvalue weighted by Gasteiger charge is 2.22. The summed E-state index contributed by atoms with van der Waals surface area (Å²) in [4.78, 5) is 0. The monoisotopic (exact) mass is 287 g/mol. The van der Waals surface area contributed by atoms with Gasteiger partial charge in [-0.3, -0.25) is 4.68 Å². The second-order valence-corrected chi connectivity index (χ2v) is 5.67. The van der Waals surface area contributed by atoms with Crippen molar-refractivity contribution < 1.29 is 9.47 Å². The molecule has 1 aromatic heterocycles. The van der Waals surface area contributed by atoms with Crippen molar-refractivity contribution in [2.24, 2.45) is 12.8 Å². The van der Waals surface area contributed by atoms with Crippen LogP contribution in [0.2, 0.25) is 0 Å². The Balaban J connectivity index is 1.98. The summed E-state index contributed by atoms with van der Waals surface area (Å²) in [5.41, 5.74) is 9.36. The van der Waals surface area contributed by atoms with Crippen LogP contribution in [0.25, 0.3) is 0 Å². The first kappa shape index (κ1) is 13.9. The lowest BCUT2D eigenvalue weighted by Crippen LogP contribution is -2.17. The molecule has 3 rings (SSSR count). The summed E-state index contributed by atoms with van der Waals surface area (Å²) in [5, 5.41) is 4.58. The van der Waals surface area contributed by atoms with Gasteiger partial charge >= 0.3 is 0 Å². The third-order valence-electron chi connectivity index (χ3n) is 3.92. The van der Waals surface area contributed by atoms with Crippen LogP contribution >= 0.6 is 0 Å². The smallest absolute Gasteiger partial charge is 0.231 e. The number of aromatic nitrogens is 2. The van der Waals surface area contributed by atoms with Crippen molar-refractivity contribution in [2.45, 2.75) is 25.7 Å². The van der Waals surface area contributed by atoms with Crippen LogP contribution in [-0.4, -0.2) is 23.1 Å². The molecule has 0 amide bonds. The number of nitrogens with zero attached hydrogens (tertiary/aromatic N) is 2. The maximum absolute atomic E-state index is 6.02. The van der Waals surface area contributed by atoms with E-state index in [4.69, 9.17) is 15.2 Å². The minimum Gasteiger partial charge on any atom is -0.454 e. The fourth-order valence-corrected chi connectivity index (χ4v) is 2.67. The number of aryl methyl sites for hydroxylation is 1. The number of ether oxygens (including phenoxy) is 2. The van der Waals surface area contributed by atoms with Crippen LogP contribution < -0.4 is 15.2 Å². The highest BCUT2D eigenvalue weighted by atomic mass is 16.7. The van der Waals surface area contributed by atoms with Crippen LogP contribution in [-0.2, 0) is 7.05 Å². The van der Waals surface area contributed by atoms with Gasteiger partial charge < -0.3 is 15.2 Å². The molecule has 2 heterocycles. The lowest BCUT2D eigenvalue weighted by atomic mass is 9.94. The van der Waals surface area contributed by atoms with Crippen molar-refractivity contribution in [1.82, 2.24) is 9.78 Å². The molecule has 1 aliphatic rings. The lowest BCUT2D eigenvalue weighted by Gasteiger charge is -2.16. The van der Waals surface area contributed by atoms with Gasteiger partial charge in [0.25, 0.3) is 0 Å². The van der Waals surface area contributed by atoms with Gasteiger partial charge in [-0.15, -0.1) is 0 Å². The maximum atomic E-state index is 6.02. The average molecular weight is 287 g/mol. The van der Waals surface area contributed by atoms with Crippen molar-refractivity contribution in [3.05, 3.63) is 41.2 Å². The molecule has 0 fully saturated rings. The summed E-state index contributed by atoms with van der Waals surface area (Å²) in [5.74, 6) is 2.09. The fraction of sp³-hybridized carbons (Fsp3) is 0.438. The number of rotatable bonds is 4. The predicted molar refractivity (Wildman–Crippen MR) is 80.8 cm³/mol. The van der Waals surface area contributed by atoms with E-state index in [2.05, 4.69) is 25.0 Å². The Morgan fingerprint density at radius 2 is 2.00 bits per heavy atom. The Hall–Kier alpha value is -2.01. The van der Waals surface area contributed by atoms with E-state index < -0.39 is 0 Å². The first-order valence-electron chi connectivity index (χ1n) is 7.23. The van der Waals surface area contributed by atoms with Crippen LogP contribution in [0.1, 0.15) is 42.6 Å². The van der Waals surface area contributed by atoms with Gasteiger partial charge in [-0.25, -0.2) is 0 Å². The van der Waals surface area contributed by atoms with Crippen LogP contribution in [0.5, 0.6) is 11.5 Å². The standard InChI is InChI=1S/C16H21N3O2/c1-10(2)13-7-14(19(3)18-13)12(8-17)11-4-5-15-16(6-11)21-9-20-15/h4-7,10,12H,8-9,17H2,1-3H3. The van der Waals surface area contributed by atoms with E-state index in [9.17, 15) is 0 Å². The molecular weight excluding hydrogens is 266 g/mol. The molecule has 1 aromatic carbocycles. The molecule has 112 valence electrons. The minimum absolute atomic E-state index is 0.101. The van der Waals surface area contributed by atoms with Crippen LogP contribution in [0, 0.1) is 0 Å². The average Bonchev–Trinajstić information content (AvgIpc) is 3.06. The van der Waals surface area contributed by atoms with Gasteiger partial charge in [0.15, 0.2) is 11.5 Å². The van der Waals surface area contributed by atoms with E-state index in [1.807, 2.05) is 29.9 Å². The Bertz CT molecular complexity index is 649. The van der Waals surface area contributed by atoms with Crippen LogP contribution in [0.4, 0.5) is 0 Å². The van der Waals surface area contributed by atoms with Crippen LogP contribution in [0.3, 0.4) is 0 Å². The van der Waals surface area contributed by atoms with E-state index in [1.54, 1.807) is 0 Å². The molecule has 0 saturated carbocycles. The zero-order valence-corrected chi connectivity index (χ0v) is 12.7. The fourth-order valence-electron chi connectivity index (χ4n) is 2.67. The second-order valence-electron chi connectivity index (χ2n) is 5.67. The van der Waals surface area contributed by atoms with E-state index in [1.165, 1.54) is 0 Å². The van der Waals surface area contributed by atoms with Crippen molar-refractivity contribution in [1.29, 1.82) is 0 Å². The highest BCUT2D eigenvalue weighted by molar-refractivity contribution is 5.47. The number of hydrogen-bond acceptors (Lipinski definition) is 4. The molecule has 5 heteroatoms. The first-order chi connectivity index (χ1) is 10.1. The first-order valence-corrected chi connectivity index (χ1v) is 7.23. The Kier molecular flexibility index (Phi) is 3.59. The van der Waals surface area contributed by atoms with E-state index in [-0.39, 0.29) is 12.7 Å². The molecule has 0 saturated heterocycles. The molecule has 0 radical (unpaired) electrons. The number of hydrogen-bond donors (Lipinski definition) is 1. The van der Waals surface area contributed by atoms with Crippen molar-refractivity contribution in [2.75, 3.05) is 13.3 Å². The Labute approximate surface area is 124 Å². The molecule has 1 atom stereocenters. The van der Waals surface area contributed by atoms with Crippen molar-refractivity contribution >= 4 is 0 Å². The number of nitrogens with two attached hydrogens (primary N) is 1. The van der Waals surface area contributed by atoms with Gasteiger partial charge in [0, 0.05) is 25.2 Å². The van der Waals surface area contributed by atoms with Gasteiger partial charge in [-0.2, -0.15) is 5.10 Å². The molecule has 0 bridgehead atoms. The summed E-state index contributed by atoms with van der Waals surface area (Å²) in [7, 11) is 1.97. The number of fused-ring (bicyclic) bond motifs is 1. The molecule has 5 nitrogen and oxygen atoms in total. The third-order valence-corrected chi connectivity index (χ3v) is 3.92. The molecule has 1 aliphatic heterocycles. The van der Waals surface area contributed by atoms with Crippen molar-refractivity contribution in [3.8, 4) is 11.5 Å². The molecule has 0 aliphatic carbocycles. The van der Waals surface area contributed by atoms with E-state index >= 15 is 0 Å². The summed E-state index contributed by atoms with van der Waals surface area (Å²) < 4.78 is 12.7. The normalized spacial score (nSPS) is 14.7. The second kappa shape index (κ2) is 5.41. The molecule has 2 N–H and O–H groups in total. The Morgan fingerprint density at radius 1 is 1.24 bits per heavy atom. The molecule has 1 unspecified atom stereocenters. The lowest BCUT2D eigenvalue weighted by molar-refractivity contribution is 0.174. The largest absolute Gasteiger partial charge is 0.454 e. The molecule has 21 heavy (non-hydrogen) atoms. The van der Waals surface area contributed by atoms with Gasteiger partial charge in [-0.05, 0) is 29.7 Å². The molecule has 2 aromatic rings. The summed E-state index contributed by atoms with van der Waals surface area (Å²) in [6.07, 6.45) is 0. The van der Waals surface area contributed by atoms with Gasteiger partial charge in [0.2, 0.25) is 6.79 Å². The van der Waals surface area contributed by atoms with Crippen molar-refractivity contribution in [3.63, 3.8) is 0 Å². The number of benzene rings is 1. The topological polar surface area (TPSA) is 62.3 Å². The van der Waals surface area contributed by atoms with Gasteiger partial charge in [-0.1, -0.05) is 19.9 Å². The minimum atomic E-state index is 0.101. The van der Waals surface area contributed by atoms with Gasteiger partial charge in [0.1, 0.15) is 0 Å². The Morgan fingerprint density at radius 3 is 2.67 bits per heavy atom. The van der Waals surface area contributed by atoms with E-state index in [0.29, 0.717) is 12.5 Å². The summed E-state index contributed by atoms with van der Waals surface area (Å²) >= 11 is 0. The summed E-state index contributed by atoms with van der Waals surface area (Å²) in [6.45, 7) is 5.10. The zero-order valence-electron chi connectivity index (χ0n) is 12.7. The quantitative estimate of drug-likeness (QED) is 0.937. The predicted octanol–water partition coefficient (Wildman–Crippen LogP) is 2.36. The van der Waals surface area contributed by atoms with Crippen LogP contribution in [0.15, 0.2) is 24.3 Å². The third kappa shape index (κ3) is 2.49. The SMILES string of the molecule is CC(C)c1cc(C(CN)c2ccc3c(c2)OCO3)n(C)n1. The van der Waals surface area contributed by atoms with E-state index in [0.717, 1.165) is 28.5 Å². The van der Waals surface area contributed by atoms with Gasteiger partial charge in [0.05, 0.1) is 5.69 Å². The summed E-state index contributed by atoms with van der Waals surface area (Å²) in [6, 6.07) is 8.15. The zero-order chi connectivity index (χ0) is 15.0.